The molecule has 2 unspecified atom stereocenters. The van der Waals surface area contributed by atoms with Crippen molar-refractivity contribution in [1.29, 1.82) is 0 Å². The summed E-state index contributed by atoms with van der Waals surface area (Å²) in [7, 11) is 0. The Hall–Kier alpha value is -2.05. The second kappa shape index (κ2) is 13.4. The second-order valence-electron chi connectivity index (χ2n) is 6.52. The molecule has 2 atom stereocenters. The Morgan fingerprint density at radius 1 is 1.03 bits per heavy atom. The summed E-state index contributed by atoms with van der Waals surface area (Å²) in [4.78, 5) is 4.46. The number of aliphatic hydroxyl groups excluding tert-OH is 2. The van der Waals surface area contributed by atoms with Gasteiger partial charge in [0.25, 0.3) is 0 Å². The molecule has 172 valence electrons. The van der Waals surface area contributed by atoms with Gasteiger partial charge in [-0.1, -0.05) is 42.5 Å². The van der Waals surface area contributed by atoms with E-state index in [0.717, 1.165) is 17.7 Å². The number of benzene rings is 2. The van der Waals surface area contributed by atoms with Crippen molar-refractivity contribution in [3.05, 3.63) is 65.7 Å². The fourth-order valence-electron chi connectivity index (χ4n) is 2.74. The molecule has 0 aliphatic carbocycles. The average molecular weight is 553 g/mol. The van der Waals surface area contributed by atoms with Gasteiger partial charge in [-0.25, -0.2) is 0 Å². The maximum atomic E-state index is 12.2. The van der Waals surface area contributed by atoms with Crippen LogP contribution in [0.5, 0.6) is 5.75 Å². The minimum Gasteiger partial charge on any atom is -0.406 e. The maximum absolute atomic E-state index is 12.2. The summed E-state index contributed by atoms with van der Waals surface area (Å²) in [6.07, 6.45) is -5.72. The first kappa shape index (κ1) is 27.0. The smallest absolute Gasteiger partial charge is 0.406 e. The number of nitrogens with zero attached hydrogens (tertiary/aromatic N) is 1. The molecule has 0 fully saturated rings. The number of hydrogen-bond donors (Lipinski definition) is 4. The third-order valence-electron chi connectivity index (χ3n) is 4.27. The summed E-state index contributed by atoms with van der Waals surface area (Å²) in [6.45, 7) is 2.88. The first-order valence-electron chi connectivity index (χ1n) is 9.54. The number of rotatable bonds is 9. The van der Waals surface area contributed by atoms with Gasteiger partial charge in [-0.05, 0) is 30.2 Å². The molecule has 0 aliphatic rings. The van der Waals surface area contributed by atoms with Crippen molar-refractivity contribution in [2.45, 2.75) is 25.3 Å². The minimum absolute atomic E-state index is 0. The van der Waals surface area contributed by atoms with Gasteiger partial charge in [-0.15, -0.1) is 37.1 Å². The van der Waals surface area contributed by atoms with E-state index in [4.69, 9.17) is 0 Å². The fourth-order valence-corrected chi connectivity index (χ4v) is 2.74. The Kier molecular flexibility index (Phi) is 11.6. The van der Waals surface area contributed by atoms with Crippen molar-refractivity contribution in [2.24, 2.45) is 4.99 Å². The van der Waals surface area contributed by atoms with Crippen LogP contribution >= 0.6 is 24.0 Å². The largest absolute Gasteiger partial charge is 0.573 e. The molecule has 0 bridgehead atoms. The Labute approximate surface area is 196 Å². The quantitative estimate of drug-likeness (QED) is 0.217. The summed E-state index contributed by atoms with van der Waals surface area (Å²) in [6, 6.07) is 14.6. The number of ether oxygens (including phenoxy) is 1. The average Bonchev–Trinajstić information content (AvgIpc) is 2.72. The van der Waals surface area contributed by atoms with Crippen LogP contribution in [0, 0.1) is 0 Å². The van der Waals surface area contributed by atoms with E-state index in [1.165, 1.54) is 12.1 Å². The van der Waals surface area contributed by atoms with Gasteiger partial charge in [0.05, 0.1) is 19.3 Å². The van der Waals surface area contributed by atoms with E-state index in [1.54, 1.807) is 0 Å². The summed E-state index contributed by atoms with van der Waals surface area (Å²) >= 11 is 0. The number of hydrogen-bond acceptors (Lipinski definition) is 4. The van der Waals surface area contributed by atoms with Crippen LogP contribution in [0.3, 0.4) is 0 Å². The molecule has 2 aromatic rings. The Balaban J connectivity index is 0.00000480. The third kappa shape index (κ3) is 9.74. The SMILES string of the molecule is CCNC(=NCC(CO)c1ccccc1)NCC(O)c1ccc(OC(F)(F)F)cc1.I. The van der Waals surface area contributed by atoms with Crippen LogP contribution in [0.25, 0.3) is 0 Å². The summed E-state index contributed by atoms with van der Waals surface area (Å²) < 4.78 is 40.5. The van der Waals surface area contributed by atoms with Gasteiger partial charge >= 0.3 is 6.36 Å². The monoisotopic (exact) mass is 553 g/mol. The van der Waals surface area contributed by atoms with Gasteiger partial charge < -0.3 is 25.6 Å². The van der Waals surface area contributed by atoms with E-state index in [0.29, 0.717) is 24.6 Å². The highest BCUT2D eigenvalue weighted by atomic mass is 127. The highest BCUT2D eigenvalue weighted by Crippen LogP contribution is 2.24. The summed E-state index contributed by atoms with van der Waals surface area (Å²) in [5, 5.41) is 26.0. The molecule has 2 rings (SSSR count). The van der Waals surface area contributed by atoms with E-state index in [9.17, 15) is 23.4 Å². The second-order valence-corrected chi connectivity index (χ2v) is 6.52. The molecule has 0 saturated carbocycles. The molecule has 0 saturated heterocycles. The van der Waals surface area contributed by atoms with Crippen LogP contribution in [0.15, 0.2) is 59.6 Å². The number of aliphatic hydroxyl groups is 2. The zero-order valence-electron chi connectivity index (χ0n) is 17.0. The minimum atomic E-state index is -4.76. The molecule has 0 aromatic heterocycles. The van der Waals surface area contributed by atoms with Crippen molar-refractivity contribution >= 4 is 29.9 Å². The molecule has 0 heterocycles. The number of aliphatic imine (C=N–C) groups is 1. The van der Waals surface area contributed by atoms with E-state index >= 15 is 0 Å². The van der Waals surface area contributed by atoms with Gasteiger partial charge in [-0.3, -0.25) is 4.99 Å². The van der Waals surface area contributed by atoms with Crippen LogP contribution in [-0.4, -0.2) is 48.8 Å². The third-order valence-corrected chi connectivity index (χ3v) is 4.27. The molecule has 0 spiro atoms. The predicted octanol–water partition coefficient (Wildman–Crippen LogP) is 3.57. The summed E-state index contributed by atoms with van der Waals surface area (Å²) in [5.74, 6) is -0.0482. The summed E-state index contributed by atoms with van der Waals surface area (Å²) in [5.41, 5.74) is 1.41. The van der Waals surface area contributed by atoms with E-state index in [-0.39, 0.29) is 48.8 Å². The number of nitrogens with one attached hydrogen (secondary N) is 2. The fraction of sp³-hybridized carbons (Fsp3) is 0.381. The van der Waals surface area contributed by atoms with Crippen molar-refractivity contribution in [2.75, 3.05) is 26.2 Å². The molecular formula is C21H27F3IN3O3. The van der Waals surface area contributed by atoms with Crippen LogP contribution in [0.4, 0.5) is 13.2 Å². The maximum Gasteiger partial charge on any atom is 0.573 e. The van der Waals surface area contributed by atoms with Crippen molar-refractivity contribution < 1.29 is 28.1 Å². The molecule has 2 aromatic carbocycles. The van der Waals surface area contributed by atoms with Gasteiger partial charge in [0.1, 0.15) is 5.75 Å². The Bertz CT molecular complexity index is 790. The highest BCUT2D eigenvalue weighted by Gasteiger charge is 2.31. The molecule has 10 heteroatoms. The molecule has 4 N–H and O–H groups in total. The lowest BCUT2D eigenvalue weighted by atomic mass is 10.0. The Morgan fingerprint density at radius 3 is 2.23 bits per heavy atom. The highest BCUT2D eigenvalue weighted by molar-refractivity contribution is 14.0. The van der Waals surface area contributed by atoms with E-state index in [2.05, 4.69) is 20.4 Å². The zero-order valence-corrected chi connectivity index (χ0v) is 19.3. The lowest BCUT2D eigenvalue weighted by Gasteiger charge is -2.17. The van der Waals surface area contributed by atoms with Crippen LogP contribution in [0.2, 0.25) is 0 Å². The number of alkyl halides is 3. The molecule has 0 aliphatic heterocycles. The molecule has 0 radical (unpaired) electrons. The molecule has 31 heavy (non-hydrogen) atoms. The number of guanidine groups is 1. The van der Waals surface area contributed by atoms with Crippen LogP contribution < -0.4 is 15.4 Å². The van der Waals surface area contributed by atoms with Gasteiger partial charge in [0, 0.05) is 19.0 Å². The molecule has 6 nitrogen and oxygen atoms in total. The van der Waals surface area contributed by atoms with Crippen LogP contribution in [0.1, 0.15) is 30.1 Å². The predicted molar refractivity (Wildman–Crippen MR) is 124 cm³/mol. The normalized spacial score (nSPS) is 13.7. The topological polar surface area (TPSA) is 86.1 Å². The van der Waals surface area contributed by atoms with Crippen molar-refractivity contribution in [3.8, 4) is 5.75 Å². The first-order chi connectivity index (χ1) is 14.3. The zero-order chi connectivity index (χ0) is 22.0. The van der Waals surface area contributed by atoms with Crippen molar-refractivity contribution in [1.82, 2.24) is 10.6 Å². The lowest BCUT2D eigenvalue weighted by molar-refractivity contribution is -0.274. The van der Waals surface area contributed by atoms with Gasteiger partial charge in [0.2, 0.25) is 0 Å². The van der Waals surface area contributed by atoms with Crippen molar-refractivity contribution in [3.63, 3.8) is 0 Å². The van der Waals surface area contributed by atoms with Gasteiger partial charge in [0.15, 0.2) is 5.96 Å². The molecular weight excluding hydrogens is 526 g/mol. The first-order valence-corrected chi connectivity index (χ1v) is 9.54. The van der Waals surface area contributed by atoms with E-state index < -0.39 is 12.5 Å². The van der Waals surface area contributed by atoms with Crippen LogP contribution in [-0.2, 0) is 0 Å². The number of halogens is 4. The molecule has 0 amide bonds. The van der Waals surface area contributed by atoms with E-state index in [1.807, 2.05) is 37.3 Å². The lowest BCUT2D eigenvalue weighted by Crippen LogP contribution is -2.39. The van der Waals surface area contributed by atoms with Gasteiger partial charge in [-0.2, -0.15) is 0 Å². The standard InChI is InChI=1S/C21H26F3N3O3.HI/c1-2-25-20(26-12-17(14-28)15-6-4-3-5-7-15)27-13-19(29)16-8-10-18(11-9-16)30-21(22,23)24;/h3-11,17,19,28-29H,2,12-14H2,1H3,(H2,25,26,27);1H. The Morgan fingerprint density at radius 2 is 1.68 bits per heavy atom.